The Balaban J connectivity index is 1.56. The van der Waals surface area contributed by atoms with Gasteiger partial charge < -0.3 is 25.6 Å². The highest BCUT2D eigenvalue weighted by Gasteiger charge is 2.28. The highest BCUT2D eigenvalue weighted by atomic mass is 19.1. The van der Waals surface area contributed by atoms with Crippen LogP contribution in [0.5, 0.6) is 5.75 Å². The molecule has 0 saturated carbocycles. The van der Waals surface area contributed by atoms with Crippen molar-refractivity contribution < 1.29 is 13.9 Å². The van der Waals surface area contributed by atoms with Gasteiger partial charge in [0.25, 0.3) is 5.91 Å². The summed E-state index contributed by atoms with van der Waals surface area (Å²) >= 11 is 0. The van der Waals surface area contributed by atoms with E-state index in [0.29, 0.717) is 36.5 Å². The summed E-state index contributed by atoms with van der Waals surface area (Å²) in [7, 11) is 5.07. The largest absolute Gasteiger partial charge is 0.495 e. The molecule has 0 aliphatic carbocycles. The van der Waals surface area contributed by atoms with Crippen LogP contribution in [-0.4, -0.2) is 73.5 Å². The molecule has 3 N–H and O–H groups in total. The number of allylic oxidation sites excluding steroid dienone is 1. The number of piperidine rings is 1. The Labute approximate surface area is 216 Å². The molecule has 4 rings (SSSR count). The molecule has 2 aromatic heterocycles. The molecule has 0 spiro atoms. The number of anilines is 2. The number of nitrogens with one attached hydrogen (secondary N) is 3. The van der Waals surface area contributed by atoms with Crippen LogP contribution in [0.2, 0.25) is 0 Å². The van der Waals surface area contributed by atoms with E-state index in [2.05, 4.69) is 34.4 Å². The number of carbonyl (C=O) groups excluding carboxylic acids is 1. The number of aromatic nitrogens is 2. The van der Waals surface area contributed by atoms with Gasteiger partial charge in [-0.2, -0.15) is 5.10 Å². The predicted molar refractivity (Wildman–Crippen MR) is 146 cm³/mol. The van der Waals surface area contributed by atoms with Gasteiger partial charge in [0.15, 0.2) is 0 Å². The van der Waals surface area contributed by atoms with Crippen molar-refractivity contribution in [2.75, 3.05) is 51.5 Å². The molecular weight excluding hydrogens is 471 g/mol. The summed E-state index contributed by atoms with van der Waals surface area (Å²) < 4.78 is 21.9. The van der Waals surface area contributed by atoms with Gasteiger partial charge in [-0.1, -0.05) is 18.6 Å². The van der Waals surface area contributed by atoms with Gasteiger partial charge in [0.1, 0.15) is 23.4 Å². The van der Waals surface area contributed by atoms with E-state index >= 15 is 0 Å². The molecule has 3 heterocycles. The Kier molecular flexibility index (Phi) is 7.99. The Morgan fingerprint density at radius 2 is 2.14 bits per heavy atom. The van der Waals surface area contributed by atoms with E-state index in [1.165, 1.54) is 0 Å². The topological polar surface area (TPSA) is 82.9 Å². The smallest absolute Gasteiger partial charge is 0.251 e. The predicted octanol–water partition coefficient (Wildman–Crippen LogP) is 3.65. The first kappa shape index (κ1) is 26.0. The highest BCUT2D eigenvalue weighted by Crippen LogP contribution is 2.27. The number of pyridine rings is 1. The van der Waals surface area contributed by atoms with Crippen LogP contribution in [0.1, 0.15) is 35.0 Å². The minimum absolute atomic E-state index is 0.185. The Bertz CT molecular complexity index is 1370. The van der Waals surface area contributed by atoms with Gasteiger partial charge in [-0.15, -0.1) is 0 Å². The quantitative estimate of drug-likeness (QED) is 0.426. The lowest BCUT2D eigenvalue weighted by Gasteiger charge is -2.33. The third-order valence-electron chi connectivity index (χ3n) is 6.43. The number of ether oxygens (including phenoxy) is 1. The number of amides is 1. The second-order valence-corrected chi connectivity index (χ2v) is 9.18. The van der Waals surface area contributed by atoms with Crippen LogP contribution >= 0.6 is 0 Å². The van der Waals surface area contributed by atoms with E-state index in [9.17, 15) is 9.18 Å². The van der Waals surface area contributed by atoms with Crippen molar-refractivity contribution in [3.8, 4) is 17.6 Å². The number of fused-ring (bicyclic) bond motifs is 1. The SMILES string of the molecule is C=C(C)c1c(C#CCNc2ccc(C(=O)NC)cc2OC)nn2c(N[C@@H]3CCN(C)C[C@@H]3F)cccc12. The van der Waals surface area contributed by atoms with Crippen molar-refractivity contribution in [2.24, 2.45) is 0 Å². The van der Waals surface area contributed by atoms with Gasteiger partial charge in [0.05, 0.1) is 30.9 Å². The Morgan fingerprint density at radius 3 is 2.84 bits per heavy atom. The normalized spacial score (nSPS) is 17.5. The van der Waals surface area contributed by atoms with Gasteiger partial charge in [-0.25, -0.2) is 8.91 Å². The van der Waals surface area contributed by atoms with Crippen molar-refractivity contribution in [1.82, 2.24) is 19.8 Å². The number of hydrogen-bond acceptors (Lipinski definition) is 6. The van der Waals surface area contributed by atoms with Crippen molar-refractivity contribution >= 4 is 28.5 Å². The molecular formula is C28H33FN6O2. The van der Waals surface area contributed by atoms with Gasteiger partial charge in [-0.05, 0) is 62.2 Å². The Hall–Kier alpha value is -4.03. The second kappa shape index (κ2) is 11.4. The molecule has 9 heteroatoms. The van der Waals surface area contributed by atoms with Crippen LogP contribution in [0, 0.1) is 11.8 Å². The zero-order valence-electron chi connectivity index (χ0n) is 21.7. The molecule has 3 aromatic rings. The lowest BCUT2D eigenvalue weighted by Crippen LogP contribution is -2.46. The number of rotatable bonds is 7. The van der Waals surface area contributed by atoms with E-state index in [1.54, 1.807) is 36.9 Å². The van der Waals surface area contributed by atoms with Gasteiger partial charge in [0, 0.05) is 31.3 Å². The van der Waals surface area contributed by atoms with E-state index in [4.69, 9.17) is 9.84 Å². The molecule has 0 radical (unpaired) electrons. The number of benzene rings is 1. The van der Waals surface area contributed by atoms with Crippen LogP contribution < -0.4 is 20.7 Å². The van der Waals surface area contributed by atoms with Crippen molar-refractivity contribution in [1.29, 1.82) is 0 Å². The van der Waals surface area contributed by atoms with Crippen LogP contribution in [0.3, 0.4) is 0 Å². The summed E-state index contributed by atoms with van der Waals surface area (Å²) in [5.74, 6) is 7.37. The lowest BCUT2D eigenvalue weighted by molar-refractivity contribution is 0.0962. The van der Waals surface area contributed by atoms with E-state index in [-0.39, 0.29) is 11.9 Å². The number of hydrogen-bond donors (Lipinski definition) is 3. The fraction of sp³-hybridized carbons (Fsp3) is 0.357. The first-order valence-electron chi connectivity index (χ1n) is 12.2. The van der Waals surface area contributed by atoms with Crippen LogP contribution in [0.4, 0.5) is 15.9 Å². The summed E-state index contributed by atoms with van der Waals surface area (Å²) in [6, 6.07) is 10.7. The minimum atomic E-state index is -0.960. The molecule has 0 unspecified atom stereocenters. The molecule has 37 heavy (non-hydrogen) atoms. The number of alkyl halides is 1. The molecule has 1 aromatic carbocycles. The fourth-order valence-electron chi connectivity index (χ4n) is 4.49. The molecule has 2 atom stereocenters. The van der Waals surface area contributed by atoms with Crippen LogP contribution in [0.25, 0.3) is 11.1 Å². The fourth-order valence-corrected chi connectivity index (χ4v) is 4.49. The first-order chi connectivity index (χ1) is 17.8. The summed E-state index contributed by atoms with van der Waals surface area (Å²) in [6.45, 7) is 7.64. The molecule has 1 fully saturated rings. The molecule has 1 saturated heterocycles. The second-order valence-electron chi connectivity index (χ2n) is 9.18. The average molecular weight is 505 g/mol. The van der Waals surface area contributed by atoms with E-state index in [0.717, 1.165) is 34.7 Å². The number of carbonyl (C=O) groups is 1. The van der Waals surface area contributed by atoms with Crippen LogP contribution in [0.15, 0.2) is 43.0 Å². The zero-order chi connectivity index (χ0) is 26.5. The third-order valence-corrected chi connectivity index (χ3v) is 6.43. The summed E-state index contributed by atoms with van der Waals surface area (Å²) in [5.41, 5.74) is 4.41. The third kappa shape index (κ3) is 5.70. The number of halogens is 1. The number of methoxy groups -OCH3 is 1. The van der Waals surface area contributed by atoms with Gasteiger partial charge in [-0.3, -0.25) is 4.79 Å². The highest BCUT2D eigenvalue weighted by molar-refractivity contribution is 5.95. The number of likely N-dealkylation sites (tertiary alicyclic amines) is 1. The summed E-state index contributed by atoms with van der Waals surface area (Å²) in [5, 5.41) is 13.9. The molecule has 1 aliphatic rings. The lowest BCUT2D eigenvalue weighted by atomic mass is 10.0. The minimum Gasteiger partial charge on any atom is -0.495 e. The van der Waals surface area contributed by atoms with Crippen LogP contribution in [-0.2, 0) is 0 Å². The maximum Gasteiger partial charge on any atom is 0.251 e. The first-order valence-corrected chi connectivity index (χ1v) is 12.2. The van der Waals surface area contributed by atoms with Crippen molar-refractivity contribution in [3.63, 3.8) is 0 Å². The molecule has 0 bridgehead atoms. The maximum absolute atomic E-state index is 14.7. The zero-order valence-corrected chi connectivity index (χ0v) is 21.7. The Morgan fingerprint density at radius 1 is 1.32 bits per heavy atom. The molecule has 1 amide bonds. The molecule has 194 valence electrons. The van der Waals surface area contributed by atoms with Crippen molar-refractivity contribution in [2.45, 2.75) is 25.6 Å². The molecule has 8 nitrogen and oxygen atoms in total. The summed E-state index contributed by atoms with van der Waals surface area (Å²) in [6.07, 6.45) is -0.243. The number of nitrogens with zero attached hydrogens (tertiary/aromatic N) is 3. The van der Waals surface area contributed by atoms with E-state index in [1.807, 2.05) is 37.1 Å². The summed E-state index contributed by atoms with van der Waals surface area (Å²) in [4.78, 5) is 13.9. The van der Waals surface area contributed by atoms with Gasteiger partial charge in [0.2, 0.25) is 0 Å². The van der Waals surface area contributed by atoms with Gasteiger partial charge >= 0.3 is 0 Å². The van der Waals surface area contributed by atoms with E-state index < -0.39 is 6.17 Å². The molecule has 1 aliphatic heterocycles. The standard InChI is InChI=1S/C28H33FN6O2/c1-18(2)27-23(8-7-14-31-22-12-11-19(28(36)30-3)16-25(22)37-5)33-35-24(27)9-6-10-26(35)32-21-13-15-34(4)17-20(21)29/h6,9-12,16,20-21,31-32H,1,13-15,17H2,2-5H3,(H,30,36)/t20-,21+/m0/s1. The van der Waals surface area contributed by atoms with Crippen molar-refractivity contribution in [3.05, 3.63) is 59.8 Å². The maximum atomic E-state index is 14.7. The average Bonchev–Trinajstić information content (AvgIpc) is 3.27. The monoisotopic (exact) mass is 504 g/mol.